The van der Waals surface area contributed by atoms with Gasteiger partial charge in [-0.05, 0) is 107 Å². The van der Waals surface area contributed by atoms with Crippen LogP contribution in [-0.2, 0) is 31.3 Å². The van der Waals surface area contributed by atoms with E-state index in [1.54, 1.807) is 0 Å². The minimum atomic E-state index is 0.0198. The van der Waals surface area contributed by atoms with Crippen molar-refractivity contribution < 1.29 is 0 Å². The molecule has 2 aromatic carbocycles. The second-order valence-electron chi connectivity index (χ2n) is 12.3. The van der Waals surface area contributed by atoms with Crippen LogP contribution in [0.2, 0.25) is 0 Å². The van der Waals surface area contributed by atoms with E-state index in [1.807, 2.05) is 35.1 Å². The van der Waals surface area contributed by atoms with Gasteiger partial charge in [0.15, 0.2) is 0 Å². The van der Waals surface area contributed by atoms with E-state index in [1.165, 1.54) is 76.9 Å². The third kappa shape index (κ3) is 3.72. The van der Waals surface area contributed by atoms with E-state index in [9.17, 15) is 0 Å². The van der Waals surface area contributed by atoms with E-state index >= 15 is 0 Å². The van der Waals surface area contributed by atoms with Crippen molar-refractivity contribution >= 4 is 22.7 Å². The highest BCUT2D eigenvalue weighted by Crippen LogP contribution is 2.55. The Hall–Kier alpha value is -3.74. The van der Waals surface area contributed by atoms with Crippen LogP contribution in [0, 0.1) is 0 Å². The fraction of sp³-hybridized carbons (Fsp3) is 0.297. The number of aryl methyl sites for hydroxylation is 4. The van der Waals surface area contributed by atoms with E-state index in [0.29, 0.717) is 0 Å². The molecule has 0 N–H and O–H groups in total. The van der Waals surface area contributed by atoms with E-state index < -0.39 is 0 Å². The number of imidazole rings is 2. The minimum Gasteiger partial charge on any atom is -0.330 e. The van der Waals surface area contributed by atoms with Gasteiger partial charge in [-0.25, -0.2) is 9.97 Å². The fourth-order valence-corrected chi connectivity index (χ4v) is 10.4. The maximum atomic E-state index is 4.74. The molecule has 4 nitrogen and oxygen atoms in total. The number of thiophene rings is 2. The Morgan fingerprint density at radius 1 is 0.674 bits per heavy atom. The van der Waals surface area contributed by atoms with Gasteiger partial charge < -0.3 is 9.13 Å². The van der Waals surface area contributed by atoms with Gasteiger partial charge in [0.2, 0.25) is 0 Å². The highest BCUT2D eigenvalue weighted by atomic mass is 32.1. The zero-order valence-electron chi connectivity index (χ0n) is 24.7. The summed E-state index contributed by atoms with van der Waals surface area (Å²) in [5, 5.41) is 0. The predicted octanol–water partition coefficient (Wildman–Crippen LogP) is 9.85. The molecule has 0 atom stereocenters. The smallest absolute Gasteiger partial charge is 0.150 e. The Morgan fingerprint density at radius 2 is 1.16 bits per heavy atom. The van der Waals surface area contributed by atoms with Crippen LogP contribution >= 0.6 is 22.7 Å². The van der Waals surface area contributed by atoms with Gasteiger partial charge in [0, 0.05) is 53.0 Å². The third-order valence-electron chi connectivity index (χ3n) is 10.3. The van der Waals surface area contributed by atoms with Crippen molar-refractivity contribution in [3.05, 3.63) is 95.6 Å². The summed E-state index contributed by atoms with van der Waals surface area (Å²) in [6, 6.07) is 19.4. The summed E-state index contributed by atoms with van der Waals surface area (Å²) in [4.78, 5) is 14.9. The molecule has 0 fully saturated rings. The average molecular weight is 599 g/mol. The van der Waals surface area contributed by atoms with Crippen LogP contribution in [0.25, 0.3) is 53.4 Å². The molecule has 0 bridgehead atoms. The largest absolute Gasteiger partial charge is 0.330 e. The molecule has 6 heterocycles. The number of hydrogen-bond acceptors (Lipinski definition) is 4. The third-order valence-corrected chi connectivity index (χ3v) is 12.7. The second kappa shape index (κ2) is 9.63. The normalized spacial score (nSPS) is 16.0. The van der Waals surface area contributed by atoms with Gasteiger partial charge in [0.05, 0.1) is 9.75 Å². The number of aromatic nitrogens is 4. The molecular formula is C37H34N4S2. The molecule has 0 saturated carbocycles. The van der Waals surface area contributed by atoms with Gasteiger partial charge in [0.1, 0.15) is 11.6 Å². The van der Waals surface area contributed by atoms with Crippen LogP contribution in [0.5, 0.6) is 0 Å². The molecule has 6 heteroatoms. The second-order valence-corrected chi connectivity index (χ2v) is 14.4. The molecule has 0 radical (unpaired) electrons. The Bertz CT molecular complexity index is 1890. The lowest BCUT2D eigenvalue weighted by molar-refractivity contribution is 0.491. The fourth-order valence-electron chi connectivity index (χ4n) is 7.98. The van der Waals surface area contributed by atoms with Crippen LogP contribution in [-0.4, -0.2) is 19.1 Å². The van der Waals surface area contributed by atoms with Crippen LogP contribution in [0.4, 0.5) is 0 Å². The lowest BCUT2D eigenvalue weighted by atomic mass is 9.73. The maximum absolute atomic E-state index is 4.74. The Morgan fingerprint density at radius 3 is 1.63 bits per heavy atom. The molecule has 0 spiro atoms. The van der Waals surface area contributed by atoms with Crippen molar-refractivity contribution in [2.24, 2.45) is 0 Å². The summed E-state index contributed by atoms with van der Waals surface area (Å²) in [7, 11) is 0. The first-order valence-electron chi connectivity index (χ1n) is 15.8. The first-order chi connectivity index (χ1) is 21.2. The van der Waals surface area contributed by atoms with Crippen molar-refractivity contribution in [3.63, 3.8) is 0 Å². The van der Waals surface area contributed by atoms with E-state index in [2.05, 4.69) is 83.9 Å². The molecular weight excluding hydrogens is 565 g/mol. The van der Waals surface area contributed by atoms with E-state index in [-0.39, 0.29) is 5.41 Å². The molecule has 2 aliphatic heterocycles. The van der Waals surface area contributed by atoms with Crippen LogP contribution in [0.3, 0.4) is 0 Å². The number of hydrogen-bond donors (Lipinski definition) is 0. The van der Waals surface area contributed by atoms with Gasteiger partial charge in [-0.15, -0.1) is 22.7 Å². The zero-order valence-corrected chi connectivity index (χ0v) is 26.3. The van der Waals surface area contributed by atoms with E-state index in [0.717, 1.165) is 50.4 Å². The molecule has 3 aliphatic rings. The predicted molar refractivity (Wildman–Crippen MR) is 179 cm³/mol. The van der Waals surface area contributed by atoms with Crippen molar-refractivity contribution in [2.45, 2.75) is 70.9 Å². The van der Waals surface area contributed by atoms with Gasteiger partial charge in [-0.1, -0.05) is 38.1 Å². The van der Waals surface area contributed by atoms with Crippen LogP contribution in [0.15, 0.2) is 73.3 Å². The molecule has 214 valence electrons. The summed E-state index contributed by atoms with van der Waals surface area (Å²) in [6.45, 7) is 6.86. The number of rotatable bonds is 4. The SMILES string of the molecule is CCC1(CC)c2cc(-c3cc4c(s3)-c3nccn3CCC4)ccc2-c2ccc(-c3cc4c(s3)-c3nccn3CCC4)cc21. The summed E-state index contributed by atoms with van der Waals surface area (Å²) >= 11 is 3.83. The topological polar surface area (TPSA) is 35.6 Å². The Balaban J connectivity index is 1.13. The lowest BCUT2D eigenvalue weighted by Gasteiger charge is -2.30. The summed E-state index contributed by atoms with van der Waals surface area (Å²) in [5.41, 5.74) is 11.4. The molecule has 43 heavy (non-hydrogen) atoms. The van der Waals surface area contributed by atoms with Gasteiger partial charge >= 0.3 is 0 Å². The van der Waals surface area contributed by atoms with E-state index in [4.69, 9.17) is 9.97 Å². The first kappa shape index (κ1) is 25.7. The van der Waals surface area contributed by atoms with Crippen LogP contribution < -0.4 is 0 Å². The molecule has 0 amide bonds. The standard InChI is InChI=1S/C37H34N4S2/c1-3-37(4-2)29-19-23(31-21-25-7-5-15-40-17-13-38-35(40)33(25)42-31)9-11-27(29)28-12-10-24(20-30(28)37)32-22-26-8-6-16-41-18-14-39-36(41)34(26)43-32/h9-14,17-22H,3-8,15-16H2,1-2H3. The van der Waals surface area contributed by atoms with Crippen molar-refractivity contribution in [1.82, 2.24) is 19.1 Å². The molecule has 4 aromatic heterocycles. The number of nitrogens with zero attached hydrogens (tertiary/aromatic N) is 4. The van der Waals surface area contributed by atoms with Crippen molar-refractivity contribution in [2.75, 3.05) is 0 Å². The molecule has 9 rings (SSSR count). The monoisotopic (exact) mass is 598 g/mol. The quantitative estimate of drug-likeness (QED) is 0.202. The highest BCUT2D eigenvalue weighted by molar-refractivity contribution is 7.19. The Labute approximate surface area is 260 Å². The number of benzene rings is 2. The van der Waals surface area contributed by atoms with Gasteiger partial charge in [0.25, 0.3) is 0 Å². The first-order valence-corrected chi connectivity index (χ1v) is 17.4. The van der Waals surface area contributed by atoms with Gasteiger partial charge in [-0.3, -0.25) is 0 Å². The summed E-state index contributed by atoms with van der Waals surface area (Å²) in [5.74, 6) is 2.27. The average Bonchev–Trinajstić information content (AvgIpc) is 3.86. The zero-order chi connectivity index (χ0) is 28.7. The van der Waals surface area contributed by atoms with Crippen molar-refractivity contribution in [1.29, 1.82) is 0 Å². The summed E-state index contributed by atoms with van der Waals surface area (Å²) in [6.07, 6.45) is 14.9. The Kier molecular flexibility index (Phi) is 5.76. The molecule has 0 saturated heterocycles. The lowest BCUT2D eigenvalue weighted by Crippen LogP contribution is -2.23. The highest BCUT2D eigenvalue weighted by Gasteiger charge is 2.41. The summed E-state index contributed by atoms with van der Waals surface area (Å²) < 4.78 is 4.64. The number of fused-ring (bicyclic) bond motifs is 9. The minimum absolute atomic E-state index is 0.0198. The maximum Gasteiger partial charge on any atom is 0.150 e. The molecule has 6 aromatic rings. The van der Waals surface area contributed by atoms with Crippen LogP contribution in [0.1, 0.15) is 61.8 Å². The molecule has 1 aliphatic carbocycles. The van der Waals surface area contributed by atoms with Gasteiger partial charge in [-0.2, -0.15) is 0 Å². The molecule has 0 unspecified atom stereocenters. The van der Waals surface area contributed by atoms with Crippen molar-refractivity contribution in [3.8, 4) is 53.4 Å².